The second kappa shape index (κ2) is 5.33. The van der Waals surface area contributed by atoms with Crippen LogP contribution in [0.3, 0.4) is 0 Å². The maximum absolute atomic E-state index is 12.5. The van der Waals surface area contributed by atoms with Crippen molar-refractivity contribution in [2.45, 2.75) is 39.7 Å². The van der Waals surface area contributed by atoms with Gasteiger partial charge >= 0.3 is 6.03 Å². The fourth-order valence-electron chi connectivity index (χ4n) is 3.61. The number of H-pyrrole nitrogens is 1. The monoisotopic (exact) mass is 317 g/mol. The van der Waals surface area contributed by atoms with Crippen molar-refractivity contribution in [3.8, 4) is 0 Å². The number of ketones is 2. The van der Waals surface area contributed by atoms with E-state index in [0.29, 0.717) is 35.5 Å². The lowest BCUT2D eigenvalue weighted by Crippen LogP contribution is -2.37. The first kappa shape index (κ1) is 15.5. The van der Waals surface area contributed by atoms with E-state index in [1.54, 1.807) is 13.8 Å². The third-order valence-electron chi connectivity index (χ3n) is 4.65. The molecule has 0 saturated carbocycles. The number of aromatic amines is 1. The SMILES string of the molecule is CC(=O)c1c(C)[nH]c(C(=O)CN2C(=O)[C@H]3CCCN3C2=O)c1C. The van der Waals surface area contributed by atoms with Crippen LogP contribution < -0.4 is 0 Å². The van der Waals surface area contributed by atoms with Gasteiger partial charge in [0.05, 0.1) is 12.2 Å². The summed E-state index contributed by atoms with van der Waals surface area (Å²) in [6, 6.07) is -0.798. The van der Waals surface area contributed by atoms with E-state index >= 15 is 0 Å². The Balaban J connectivity index is 1.83. The molecule has 1 aromatic rings. The summed E-state index contributed by atoms with van der Waals surface area (Å²) in [5.41, 5.74) is 1.98. The Bertz CT molecular complexity index is 712. The zero-order valence-corrected chi connectivity index (χ0v) is 13.4. The van der Waals surface area contributed by atoms with E-state index in [0.717, 1.165) is 11.3 Å². The summed E-state index contributed by atoms with van der Waals surface area (Å²) in [4.78, 5) is 54.2. The predicted molar refractivity (Wildman–Crippen MR) is 81.4 cm³/mol. The lowest BCUT2D eigenvalue weighted by Gasteiger charge is -2.14. The summed E-state index contributed by atoms with van der Waals surface area (Å²) in [6.07, 6.45) is 1.48. The van der Waals surface area contributed by atoms with Gasteiger partial charge in [-0.3, -0.25) is 19.3 Å². The van der Waals surface area contributed by atoms with Crippen LogP contribution in [0.1, 0.15) is 51.9 Å². The van der Waals surface area contributed by atoms with Crippen molar-refractivity contribution in [2.75, 3.05) is 13.1 Å². The van der Waals surface area contributed by atoms with Crippen molar-refractivity contribution in [3.63, 3.8) is 0 Å². The molecule has 0 bridgehead atoms. The zero-order chi connectivity index (χ0) is 16.9. The number of nitrogens with one attached hydrogen (secondary N) is 1. The highest BCUT2D eigenvalue weighted by Crippen LogP contribution is 2.28. The summed E-state index contributed by atoms with van der Waals surface area (Å²) < 4.78 is 0. The normalized spacial score (nSPS) is 20.4. The Kier molecular flexibility index (Phi) is 3.58. The number of carbonyl (C=O) groups excluding carboxylic acids is 4. The lowest BCUT2D eigenvalue weighted by atomic mass is 10.1. The van der Waals surface area contributed by atoms with E-state index in [-0.39, 0.29) is 24.0 Å². The highest BCUT2D eigenvalue weighted by molar-refractivity contribution is 6.10. The van der Waals surface area contributed by atoms with Crippen LogP contribution in [0.25, 0.3) is 0 Å². The summed E-state index contributed by atoms with van der Waals surface area (Å²) in [7, 11) is 0. The number of hydrogen-bond donors (Lipinski definition) is 1. The molecule has 1 atom stereocenters. The number of rotatable bonds is 4. The van der Waals surface area contributed by atoms with Crippen LogP contribution >= 0.6 is 0 Å². The second-order valence-corrected chi connectivity index (χ2v) is 6.16. The third-order valence-corrected chi connectivity index (χ3v) is 4.65. The molecule has 1 N–H and O–H groups in total. The van der Waals surface area contributed by atoms with Crippen LogP contribution in [0, 0.1) is 13.8 Å². The number of urea groups is 1. The number of fused-ring (bicyclic) bond motifs is 1. The van der Waals surface area contributed by atoms with Gasteiger partial charge in [-0.25, -0.2) is 4.79 Å². The van der Waals surface area contributed by atoms with Crippen molar-refractivity contribution in [3.05, 3.63) is 22.5 Å². The number of nitrogens with zero attached hydrogens (tertiary/aromatic N) is 2. The van der Waals surface area contributed by atoms with E-state index in [1.807, 2.05) is 0 Å². The average molecular weight is 317 g/mol. The molecule has 23 heavy (non-hydrogen) atoms. The molecule has 0 aromatic carbocycles. The van der Waals surface area contributed by atoms with Gasteiger partial charge in [0.25, 0.3) is 5.91 Å². The first-order chi connectivity index (χ1) is 10.8. The van der Waals surface area contributed by atoms with Gasteiger partial charge < -0.3 is 9.88 Å². The molecule has 0 radical (unpaired) electrons. The smallest absolute Gasteiger partial charge is 0.327 e. The molecule has 7 heteroatoms. The van der Waals surface area contributed by atoms with Crippen LogP contribution in [0.4, 0.5) is 4.79 Å². The van der Waals surface area contributed by atoms with E-state index < -0.39 is 12.1 Å². The van der Waals surface area contributed by atoms with E-state index in [2.05, 4.69) is 4.98 Å². The topological polar surface area (TPSA) is 90.6 Å². The standard InChI is InChI=1S/C16H19N3O4/c1-8-13(10(3)20)9(2)17-14(8)12(21)7-19-15(22)11-5-4-6-18(11)16(19)23/h11,17H,4-7H2,1-3H3/t11-/m1/s1. The first-order valence-electron chi connectivity index (χ1n) is 7.68. The first-order valence-corrected chi connectivity index (χ1v) is 7.68. The van der Waals surface area contributed by atoms with Crippen molar-refractivity contribution in [2.24, 2.45) is 0 Å². The molecular weight excluding hydrogens is 298 g/mol. The predicted octanol–water partition coefficient (Wildman–Crippen LogP) is 1.44. The van der Waals surface area contributed by atoms with Gasteiger partial charge in [0.1, 0.15) is 6.04 Å². The van der Waals surface area contributed by atoms with Gasteiger partial charge in [-0.05, 0) is 39.2 Å². The molecule has 0 unspecified atom stereocenters. The molecule has 3 amide bonds. The van der Waals surface area contributed by atoms with Crippen LogP contribution in [0.2, 0.25) is 0 Å². The fraction of sp³-hybridized carbons (Fsp3) is 0.500. The number of carbonyl (C=O) groups is 4. The van der Waals surface area contributed by atoms with Crippen molar-refractivity contribution < 1.29 is 19.2 Å². The van der Waals surface area contributed by atoms with Crippen LogP contribution in [0.5, 0.6) is 0 Å². The number of aryl methyl sites for hydroxylation is 1. The lowest BCUT2D eigenvalue weighted by molar-refractivity contribution is -0.127. The number of amides is 3. The summed E-state index contributed by atoms with van der Waals surface area (Å²) in [6.45, 7) is 5.14. The number of aromatic nitrogens is 1. The van der Waals surface area contributed by atoms with E-state index in [4.69, 9.17) is 0 Å². The summed E-state index contributed by atoms with van der Waals surface area (Å²) in [5, 5.41) is 0. The van der Waals surface area contributed by atoms with Crippen molar-refractivity contribution >= 4 is 23.5 Å². The van der Waals surface area contributed by atoms with Crippen LogP contribution in [-0.2, 0) is 4.79 Å². The van der Waals surface area contributed by atoms with Crippen molar-refractivity contribution in [1.82, 2.24) is 14.8 Å². The molecule has 2 aliphatic heterocycles. The molecule has 122 valence electrons. The minimum absolute atomic E-state index is 0.121. The van der Waals surface area contributed by atoms with Crippen LogP contribution in [0.15, 0.2) is 0 Å². The minimum Gasteiger partial charge on any atom is -0.355 e. The van der Waals surface area contributed by atoms with Gasteiger partial charge in [-0.15, -0.1) is 0 Å². The Morgan fingerprint density at radius 1 is 1.26 bits per heavy atom. The maximum Gasteiger partial charge on any atom is 0.327 e. The summed E-state index contributed by atoms with van der Waals surface area (Å²) >= 11 is 0. The second-order valence-electron chi connectivity index (χ2n) is 6.16. The quantitative estimate of drug-likeness (QED) is 0.672. The van der Waals surface area contributed by atoms with Gasteiger partial charge in [-0.2, -0.15) is 0 Å². The summed E-state index contributed by atoms with van der Waals surface area (Å²) in [5.74, 6) is -0.779. The van der Waals surface area contributed by atoms with Gasteiger partial charge in [0.15, 0.2) is 11.6 Å². The zero-order valence-electron chi connectivity index (χ0n) is 13.4. The molecule has 3 rings (SSSR count). The molecule has 2 aliphatic rings. The van der Waals surface area contributed by atoms with Gasteiger partial charge in [0, 0.05) is 17.8 Å². The molecule has 7 nitrogen and oxygen atoms in total. The Hall–Kier alpha value is -2.44. The van der Waals surface area contributed by atoms with E-state index in [9.17, 15) is 19.2 Å². The molecular formula is C16H19N3O4. The minimum atomic E-state index is -0.408. The van der Waals surface area contributed by atoms with Gasteiger partial charge in [-0.1, -0.05) is 0 Å². The van der Waals surface area contributed by atoms with Crippen LogP contribution in [-0.4, -0.2) is 57.4 Å². The number of imide groups is 1. The van der Waals surface area contributed by atoms with E-state index in [1.165, 1.54) is 11.8 Å². The number of hydrogen-bond acceptors (Lipinski definition) is 4. The molecule has 3 heterocycles. The average Bonchev–Trinajstić information content (AvgIpc) is 3.12. The highest BCUT2D eigenvalue weighted by atomic mass is 16.2. The number of Topliss-reactive ketones (excluding diaryl/α,β-unsaturated/α-hetero) is 2. The fourth-order valence-corrected chi connectivity index (χ4v) is 3.61. The molecule has 2 saturated heterocycles. The molecule has 1 aromatic heterocycles. The van der Waals surface area contributed by atoms with Gasteiger partial charge in [0.2, 0.25) is 0 Å². The Morgan fingerprint density at radius 2 is 1.96 bits per heavy atom. The molecule has 0 spiro atoms. The third kappa shape index (κ3) is 2.27. The van der Waals surface area contributed by atoms with Crippen molar-refractivity contribution in [1.29, 1.82) is 0 Å². The largest absolute Gasteiger partial charge is 0.355 e. The molecule has 0 aliphatic carbocycles. The maximum atomic E-state index is 12.5. The Labute approximate surface area is 133 Å². The highest BCUT2D eigenvalue weighted by Gasteiger charge is 2.47. The Morgan fingerprint density at radius 3 is 2.52 bits per heavy atom. The molecule has 2 fully saturated rings.